The molecule has 2 rings (SSSR count). The second-order valence-corrected chi connectivity index (χ2v) is 4.73. The molecular weight excluding hydrogens is 228 g/mol. The highest BCUT2D eigenvalue weighted by atomic mass is 32.1. The largest absolute Gasteiger partial charge is 0.368 e. The number of rotatable bonds is 3. The fraction of sp³-hybridized carbons (Fsp3) is 0.667. The van der Waals surface area contributed by atoms with Gasteiger partial charge in [0.2, 0.25) is 5.13 Å². The van der Waals surface area contributed by atoms with Crippen molar-refractivity contribution in [3.8, 4) is 0 Å². The molecule has 7 heteroatoms. The molecule has 1 amide bonds. The van der Waals surface area contributed by atoms with Crippen LogP contribution < -0.4 is 11.1 Å². The molecule has 6 nitrogen and oxygen atoms in total. The Morgan fingerprint density at radius 3 is 3.06 bits per heavy atom. The SMILES string of the molecule is CC(N)c1nnc(NC(=O)C2CCCO2)s1. The van der Waals surface area contributed by atoms with Crippen LogP contribution in [-0.2, 0) is 9.53 Å². The van der Waals surface area contributed by atoms with Crippen molar-refractivity contribution < 1.29 is 9.53 Å². The standard InChI is InChI=1S/C9H14N4O2S/c1-5(10)8-12-13-9(16-8)11-7(14)6-3-2-4-15-6/h5-6H,2-4,10H2,1H3,(H,11,13,14). The summed E-state index contributed by atoms with van der Waals surface area (Å²) in [5.41, 5.74) is 5.65. The van der Waals surface area contributed by atoms with E-state index >= 15 is 0 Å². The van der Waals surface area contributed by atoms with Gasteiger partial charge in [0.05, 0.1) is 6.04 Å². The third kappa shape index (κ3) is 2.55. The highest BCUT2D eigenvalue weighted by Gasteiger charge is 2.24. The number of nitrogens with one attached hydrogen (secondary N) is 1. The molecule has 1 aromatic heterocycles. The molecule has 2 atom stereocenters. The predicted molar refractivity (Wildman–Crippen MR) is 60.1 cm³/mol. The van der Waals surface area contributed by atoms with E-state index in [-0.39, 0.29) is 18.1 Å². The number of anilines is 1. The molecule has 1 aliphatic rings. The van der Waals surface area contributed by atoms with Crippen LogP contribution in [0.3, 0.4) is 0 Å². The maximum atomic E-state index is 11.7. The minimum Gasteiger partial charge on any atom is -0.368 e. The summed E-state index contributed by atoms with van der Waals surface area (Å²) in [5.74, 6) is -0.148. The van der Waals surface area contributed by atoms with Crippen LogP contribution in [0.2, 0.25) is 0 Å². The van der Waals surface area contributed by atoms with Crippen LogP contribution in [-0.4, -0.2) is 28.8 Å². The van der Waals surface area contributed by atoms with Gasteiger partial charge >= 0.3 is 0 Å². The smallest absolute Gasteiger partial charge is 0.255 e. The van der Waals surface area contributed by atoms with E-state index in [1.165, 1.54) is 11.3 Å². The predicted octanol–water partition coefficient (Wildman–Crippen LogP) is 0.675. The Kier molecular flexibility index (Phi) is 3.47. The second-order valence-electron chi connectivity index (χ2n) is 3.73. The Morgan fingerprint density at radius 2 is 2.50 bits per heavy atom. The summed E-state index contributed by atoms with van der Waals surface area (Å²) in [6.45, 7) is 2.48. The lowest BCUT2D eigenvalue weighted by atomic mass is 10.2. The Hall–Kier alpha value is -1.05. The second kappa shape index (κ2) is 4.86. The lowest BCUT2D eigenvalue weighted by Gasteiger charge is -2.07. The van der Waals surface area contributed by atoms with Gasteiger partial charge in [-0.05, 0) is 19.8 Å². The van der Waals surface area contributed by atoms with Gasteiger partial charge in [-0.1, -0.05) is 11.3 Å². The van der Waals surface area contributed by atoms with Gasteiger partial charge in [-0.3, -0.25) is 10.1 Å². The van der Waals surface area contributed by atoms with Crippen molar-refractivity contribution >= 4 is 22.4 Å². The Labute approximate surface area is 97.2 Å². The molecule has 2 heterocycles. The van der Waals surface area contributed by atoms with Crippen molar-refractivity contribution in [2.24, 2.45) is 5.73 Å². The number of aromatic nitrogens is 2. The molecule has 88 valence electrons. The minimum atomic E-state index is -0.345. The van der Waals surface area contributed by atoms with Crippen molar-refractivity contribution in [1.29, 1.82) is 0 Å². The number of amides is 1. The van der Waals surface area contributed by atoms with Gasteiger partial charge in [0.1, 0.15) is 11.1 Å². The molecule has 3 N–H and O–H groups in total. The van der Waals surface area contributed by atoms with Gasteiger partial charge in [0.15, 0.2) is 0 Å². The number of ether oxygens (including phenoxy) is 1. The molecule has 1 aliphatic heterocycles. The molecule has 0 saturated carbocycles. The molecule has 0 spiro atoms. The van der Waals surface area contributed by atoms with Crippen molar-refractivity contribution in [1.82, 2.24) is 10.2 Å². The van der Waals surface area contributed by atoms with Crippen LogP contribution in [0, 0.1) is 0 Å². The Bertz CT molecular complexity index is 373. The van der Waals surface area contributed by atoms with Crippen LogP contribution in [0.4, 0.5) is 5.13 Å². The first-order chi connectivity index (χ1) is 7.66. The van der Waals surface area contributed by atoms with E-state index in [1.807, 2.05) is 6.92 Å². The Balaban J connectivity index is 1.95. The van der Waals surface area contributed by atoms with E-state index in [4.69, 9.17) is 10.5 Å². The molecule has 0 radical (unpaired) electrons. The fourth-order valence-corrected chi connectivity index (χ4v) is 2.14. The lowest BCUT2D eigenvalue weighted by molar-refractivity contribution is -0.124. The van der Waals surface area contributed by atoms with E-state index in [9.17, 15) is 4.79 Å². The lowest BCUT2D eigenvalue weighted by Crippen LogP contribution is -2.26. The van der Waals surface area contributed by atoms with E-state index in [0.29, 0.717) is 16.7 Å². The first-order valence-electron chi connectivity index (χ1n) is 5.18. The van der Waals surface area contributed by atoms with Crippen molar-refractivity contribution in [3.63, 3.8) is 0 Å². The van der Waals surface area contributed by atoms with Gasteiger partial charge in [-0.25, -0.2) is 0 Å². The Morgan fingerprint density at radius 1 is 1.69 bits per heavy atom. The molecule has 16 heavy (non-hydrogen) atoms. The van der Waals surface area contributed by atoms with Crippen LogP contribution in [0.25, 0.3) is 0 Å². The average Bonchev–Trinajstić information content (AvgIpc) is 2.87. The zero-order valence-corrected chi connectivity index (χ0v) is 9.79. The first-order valence-corrected chi connectivity index (χ1v) is 6.00. The van der Waals surface area contributed by atoms with Gasteiger partial charge in [0, 0.05) is 6.61 Å². The van der Waals surface area contributed by atoms with E-state index in [1.54, 1.807) is 0 Å². The molecular formula is C9H14N4O2S. The minimum absolute atomic E-state index is 0.148. The molecule has 0 bridgehead atoms. The van der Waals surface area contributed by atoms with E-state index < -0.39 is 0 Å². The molecule has 1 fully saturated rings. The molecule has 2 unspecified atom stereocenters. The van der Waals surface area contributed by atoms with Crippen LogP contribution >= 0.6 is 11.3 Å². The van der Waals surface area contributed by atoms with Crippen LogP contribution in [0.5, 0.6) is 0 Å². The fourth-order valence-electron chi connectivity index (χ4n) is 1.44. The quantitative estimate of drug-likeness (QED) is 0.813. The number of nitrogens with zero attached hydrogens (tertiary/aromatic N) is 2. The summed E-state index contributed by atoms with van der Waals surface area (Å²) in [6, 6.07) is -0.161. The zero-order valence-electron chi connectivity index (χ0n) is 8.97. The number of hydrogen-bond acceptors (Lipinski definition) is 6. The van der Waals surface area contributed by atoms with Crippen LogP contribution in [0.15, 0.2) is 0 Å². The number of nitrogens with two attached hydrogens (primary N) is 1. The number of carbonyl (C=O) groups excluding carboxylic acids is 1. The van der Waals surface area contributed by atoms with Crippen molar-refractivity contribution in [2.75, 3.05) is 11.9 Å². The van der Waals surface area contributed by atoms with Crippen LogP contribution in [0.1, 0.15) is 30.8 Å². The number of hydrogen-bond donors (Lipinski definition) is 2. The summed E-state index contributed by atoms with van der Waals surface area (Å²) in [5, 5.41) is 11.6. The van der Waals surface area contributed by atoms with Gasteiger partial charge in [-0.2, -0.15) is 0 Å². The third-order valence-electron chi connectivity index (χ3n) is 2.28. The first kappa shape index (κ1) is 11.4. The van der Waals surface area contributed by atoms with Crippen molar-refractivity contribution in [3.05, 3.63) is 5.01 Å². The molecule has 0 aliphatic carbocycles. The van der Waals surface area contributed by atoms with Gasteiger partial charge < -0.3 is 10.5 Å². The zero-order chi connectivity index (χ0) is 11.5. The maximum Gasteiger partial charge on any atom is 0.255 e. The summed E-state index contributed by atoms with van der Waals surface area (Å²) in [4.78, 5) is 11.7. The molecule has 0 aromatic carbocycles. The van der Waals surface area contributed by atoms with Gasteiger partial charge in [0.25, 0.3) is 5.91 Å². The highest BCUT2D eigenvalue weighted by Crippen LogP contribution is 2.21. The maximum absolute atomic E-state index is 11.7. The monoisotopic (exact) mass is 242 g/mol. The topological polar surface area (TPSA) is 90.1 Å². The van der Waals surface area contributed by atoms with Crippen molar-refractivity contribution in [2.45, 2.75) is 31.9 Å². The normalized spacial score (nSPS) is 22.0. The number of carbonyl (C=O) groups is 1. The van der Waals surface area contributed by atoms with Gasteiger partial charge in [-0.15, -0.1) is 10.2 Å². The highest BCUT2D eigenvalue weighted by molar-refractivity contribution is 7.15. The molecule has 1 saturated heterocycles. The summed E-state index contributed by atoms with van der Waals surface area (Å²) >= 11 is 1.29. The summed E-state index contributed by atoms with van der Waals surface area (Å²) in [6.07, 6.45) is 1.35. The average molecular weight is 242 g/mol. The van der Waals surface area contributed by atoms with E-state index in [2.05, 4.69) is 15.5 Å². The molecule has 1 aromatic rings. The summed E-state index contributed by atoms with van der Waals surface area (Å²) in [7, 11) is 0. The summed E-state index contributed by atoms with van der Waals surface area (Å²) < 4.78 is 5.26. The third-order valence-corrected chi connectivity index (χ3v) is 3.32. The van der Waals surface area contributed by atoms with E-state index in [0.717, 1.165) is 12.8 Å².